The van der Waals surface area contributed by atoms with Crippen molar-refractivity contribution in [3.8, 4) is 0 Å². The maximum atomic E-state index is 11.8. The number of carbonyl (C=O) groups is 1. The summed E-state index contributed by atoms with van der Waals surface area (Å²) < 4.78 is 9.33. The van der Waals surface area contributed by atoms with Crippen molar-refractivity contribution in [2.24, 2.45) is 5.92 Å². The summed E-state index contributed by atoms with van der Waals surface area (Å²) in [7, 11) is 0. The van der Waals surface area contributed by atoms with E-state index in [1.807, 2.05) is 13.0 Å². The van der Waals surface area contributed by atoms with E-state index < -0.39 is 0 Å². The first-order chi connectivity index (χ1) is 7.25. The molecule has 1 N–H and O–H groups in total. The van der Waals surface area contributed by atoms with Gasteiger partial charge >= 0.3 is 0 Å². The Balaban J connectivity index is 1.91. The molecule has 2 heterocycles. The van der Waals surface area contributed by atoms with Crippen LogP contribution < -0.4 is 5.32 Å². The summed E-state index contributed by atoms with van der Waals surface area (Å²) in [6, 6.07) is 1.89. The standard InChI is InChI=1S/C10H14N2O2S/c1-7-6-9(15-12-7)11-10(13)8-2-4-14-5-3-8/h6,8H,2-5H2,1H3,(H,11,13). The molecule has 0 bridgehead atoms. The Morgan fingerprint density at radius 2 is 2.33 bits per heavy atom. The van der Waals surface area contributed by atoms with Gasteiger partial charge in [0.15, 0.2) is 0 Å². The number of ether oxygens (including phenoxy) is 1. The fourth-order valence-corrected chi connectivity index (χ4v) is 2.27. The third-order valence-corrected chi connectivity index (χ3v) is 3.26. The van der Waals surface area contributed by atoms with Crippen LogP contribution in [0.4, 0.5) is 5.00 Å². The molecule has 0 aromatic carbocycles. The van der Waals surface area contributed by atoms with E-state index in [0.29, 0.717) is 13.2 Å². The number of nitrogens with zero attached hydrogens (tertiary/aromatic N) is 1. The Bertz CT molecular complexity index is 345. The molecule has 82 valence electrons. The fourth-order valence-electron chi connectivity index (χ4n) is 1.61. The zero-order valence-corrected chi connectivity index (χ0v) is 9.47. The smallest absolute Gasteiger partial charge is 0.228 e. The van der Waals surface area contributed by atoms with Gasteiger partial charge in [0.25, 0.3) is 0 Å². The minimum absolute atomic E-state index is 0.0983. The summed E-state index contributed by atoms with van der Waals surface area (Å²) >= 11 is 1.33. The Kier molecular flexibility index (Phi) is 3.33. The molecule has 15 heavy (non-hydrogen) atoms. The Labute approximate surface area is 92.8 Å². The quantitative estimate of drug-likeness (QED) is 0.836. The highest BCUT2D eigenvalue weighted by molar-refractivity contribution is 7.10. The maximum absolute atomic E-state index is 11.8. The summed E-state index contributed by atoms with van der Waals surface area (Å²) in [6.45, 7) is 3.31. The zero-order chi connectivity index (χ0) is 10.7. The first-order valence-corrected chi connectivity index (χ1v) is 5.85. The van der Waals surface area contributed by atoms with Gasteiger partial charge in [0.05, 0.1) is 5.69 Å². The van der Waals surface area contributed by atoms with Crippen molar-refractivity contribution in [1.29, 1.82) is 0 Å². The monoisotopic (exact) mass is 226 g/mol. The largest absolute Gasteiger partial charge is 0.381 e. The number of hydrogen-bond acceptors (Lipinski definition) is 4. The second-order valence-electron chi connectivity index (χ2n) is 3.71. The van der Waals surface area contributed by atoms with Crippen molar-refractivity contribution < 1.29 is 9.53 Å². The van der Waals surface area contributed by atoms with Crippen molar-refractivity contribution in [3.05, 3.63) is 11.8 Å². The Morgan fingerprint density at radius 1 is 1.60 bits per heavy atom. The van der Waals surface area contributed by atoms with Crippen LogP contribution in [0.2, 0.25) is 0 Å². The van der Waals surface area contributed by atoms with Crippen molar-refractivity contribution >= 4 is 22.4 Å². The van der Waals surface area contributed by atoms with Gasteiger partial charge in [0.1, 0.15) is 5.00 Å². The van der Waals surface area contributed by atoms with Gasteiger partial charge in [-0.1, -0.05) is 0 Å². The van der Waals surface area contributed by atoms with Gasteiger partial charge < -0.3 is 10.1 Å². The Morgan fingerprint density at radius 3 is 2.93 bits per heavy atom. The van der Waals surface area contributed by atoms with E-state index in [-0.39, 0.29) is 11.8 Å². The number of carbonyl (C=O) groups excluding carboxylic acids is 1. The van der Waals surface area contributed by atoms with Crippen molar-refractivity contribution in [1.82, 2.24) is 4.37 Å². The maximum Gasteiger partial charge on any atom is 0.228 e. The summed E-state index contributed by atoms with van der Waals surface area (Å²) in [5.74, 6) is 0.197. The molecular weight excluding hydrogens is 212 g/mol. The SMILES string of the molecule is Cc1cc(NC(=O)C2CCOCC2)sn1. The zero-order valence-electron chi connectivity index (χ0n) is 8.66. The molecule has 1 aromatic rings. The van der Waals surface area contributed by atoms with E-state index in [0.717, 1.165) is 23.5 Å². The molecular formula is C10H14N2O2S. The van der Waals surface area contributed by atoms with E-state index in [1.165, 1.54) is 11.5 Å². The van der Waals surface area contributed by atoms with Crippen molar-refractivity contribution in [2.45, 2.75) is 19.8 Å². The molecule has 1 aliphatic rings. The van der Waals surface area contributed by atoms with Crippen LogP contribution in [0.5, 0.6) is 0 Å². The second kappa shape index (κ2) is 4.72. The van der Waals surface area contributed by atoms with Crippen LogP contribution in [-0.2, 0) is 9.53 Å². The highest BCUT2D eigenvalue weighted by Gasteiger charge is 2.21. The lowest BCUT2D eigenvalue weighted by atomic mass is 10.00. The topological polar surface area (TPSA) is 51.2 Å². The highest BCUT2D eigenvalue weighted by Crippen LogP contribution is 2.20. The van der Waals surface area contributed by atoms with E-state index in [4.69, 9.17) is 4.74 Å². The van der Waals surface area contributed by atoms with Crippen molar-refractivity contribution in [2.75, 3.05) is 18.5 Å². The number of anilines is 1. The predicted octanol–water partition coefficient (Wildman–Crippen LogP) is 1.82. The lowest BCUT2D eigenvalue weighted by Crippen LogP contribution is -2.28. The summed E-state index contributed by atoms with van der Waals surface area (Å²) in [5, 5.41) is 3.73. The van der Waals surface area contributed by atoms with Crippen molar-refractivity contribution in [3.63, 3.8) is 0 Å². The molecule has 2 rings (SSSR count). The number of aryl methyl sites for hydroxylation is 1. The molecule has 0 aliphatic carbocycles. The van der Waals surface area contributed by atoms with Crippen LogP contribution in [0.1, 0.15) is 18.5 Å². The minimum Gasteiger partial charge on any atom is -0.381 e. The lowest BCUT2D eigenvalue weighted by molar-refractivity contribution is -0.122. The first-order valence-electron chi connectivity index (χ1n) is 5.07. The van der Waals surface area contributed by atoms with Crippen LogP contribution in [0, 0.1) is 12.8 Å². The molecule has 0 atom stereocenters. The van der Waals surface area contributed by atoms with Gasteiger partial charge in [0, 0.05) is 19.1 Å². The molecule has 1 fully saturated rings. The van der Waals surface area contributed by atoms with Crippen LogP contribution in [0.3, 0.4) is 0 Å². The summed E-state index contributed by atoms with van der Waals surface area (Å²) in [5.41, 5.74) is 0.947. The number of amides is 1. The molecule has 0 unspecified atom stereocenters. The molecule has 1 aliphatic heterocycles. The normalized spacial score (nSPS) is 17.7. The first kappa shape index (κ1) is 10.6. The fraction of sp³-hybridized carbons (Fsp3) is 0.600. The lowest BCUT2D eigenvalue weighted by Gasteiger charge is -2.20. The Hall–Kier alpha value is -0.940. The number of rotatable bonds is 2. The van der Waals surface area contributed by atoms with Gasteiger partial charge in [-0.3, -0.25) is 4.79 Å². The molecule has 0 spiro atoms. The highest BCUT2D eigenvalue weighted by atomic mass is 32.1. The van der Waals surface area contributed by atoms with Crippen LogP contribution in [-0.4, -0.2) is 23.5 Å². The third kappa shape index (κ3) is 2.76. The van der Waals surface area contributed by atoms with Gasteiger partial charge in [0.2, 0.25) is 5.91 Å². The van der Waals surface area contributed by atoms with Gasteiger partial charge in [-0.05, 0) is 37.4 Å². The van der Waals surface area contributed by atoms with Crippen LogP contribution in [0.25, 0.3) is 0 Å². The van der Waals surface area contributed by atoms with E-state index in [1.54, 1.807) is 0 Å². The molecule has 5 heteroatoms. The van der Waals surface area contributed by atoms with Gasteiger partial charge in [-0.15, -0.1) is 0 Å². The molecule has 4 nitrogen and oxygen atoms in total. The molecule has 1 aromatic heterocycles. The predicted molar refractivity (Wildman–Crippen MR) is 59.0 cm³/mol. The number of hydrogen-bond donors (Lipinski definition) is 1. The summed E-state index contributed by atoms with van der Waals surface area (Å²) in [4.78, 5) is 11.8. The van der Waals surface area contributed by atoms with Gasteiger partial charge in [-0.2, -0.15) is 4.37 Å². The molecule has 0 radical (unpaired) electrons. The van der Waals surface area contributed by atoms with Crippen LogP contribution in [0.15, 0.2) is 6.07 Å². The van der Waals surface area contributed by atoms with Gasteiger partial charge in [-0.25, -0.2) is 0 Å². The average molecular weight is 226 g/mol. The van der Waals surface area contributed by atoms with E-state index in [9.17, 15) is 4.79 Å². The minimum atomic E-state index is 0.0983. The second-order valence-corrected chi connectivity index (χ2v) is 4.51. The third-order valence-electron chi connectivity index (χ3n) is 2.47. The molecule has 1 amide bonds. The number of nitrogens with one attached hydrogen (secondary N) is 1. The summed E-state index contributed by atoms with van der Waals surface area (Å²) in [6.07, 6.45) is 1.65. The molecule has 0 saturated carbocycles. The molecule has 1 saturated heterocycles. The van der Waals surface area contributed by atoms with E-state index >= 15 is 0 Å². The van der Waals surface area contributed by atoms with Crippen LogP contribution >= 0.6 is 11.5 Å². The number of aromatic nitrogens is 1. The van der Waals surface area contributed by atoms with E-state index in [2.05, 4.69) is 9.69 Å². The average Bonchev–Trinajstić information content (AvgIpc) is 2.65.